The van der Waals surface area contributed by atoms with E-state index in [0.29, 0.717) is 0 Å². The molecule has 0 amide bonds. The van der Waals surface area contributed by atoms with Crippen molar-refractivity contribution in [3.8, 4) is 5.75 Å². The molecule has 0 aliphatic heterocycles. The minimum absolute atomic E-state index is 0.211. The Morgan fingerprint density at radius 3 is 2.40 bits per heavy atom. The average molecular weight is 141 g/mol. The van der Waals surface area contributed by atoms with Crippen molar-refractivity contribution in [2.75, 3.05) is 0 Å². The van der Waals surface area contributed by atoms with Gasteiger partial charge in [-0.25, -0.2) is 0 Å². The maximum absolute atomic E-state index is 8.57. The Morgan fingerprint density at radius 2 is 2.20 bits per heavy atom. The Bertz CT molecular complexity index is 176. The van der Waals surface area contributed by atoms with Crippen molar-refractivity contribution in [1.29, 1.82) is 0 Å². The van der Waals surface area contributed by atoms with E-state index in [-0.39, 0.29) is 12.2 Å². The summed E-state index contributed by atoms with van der Waals surface area (Å²) in [4.78, 5) is 12.0. The van der Waals surface area contributed by atoms with E-state index in [0.717, 1.165) is 0 Å². The largest absolute Gasteiger partial charge is 0.506 e. The van der Waals surface area contributed by atoms with Crippen LogP contribution in [0, 0.1) is 0 Å². The Labute approximate surface area is 57.8 Å². The van der Waals surface area contributed by atoms with Crippen molar-refractivity contribution >= 4 is 6.47 Å². The first kappa shape index (κ1) is 8.42. The molecule has 0 saturated heterocycles. The highest BCUT2D eigenvalue weighted by Gasteiger charge is 1.76. The lowest BCUT2D eigenvalue weighted by atomic mass is 10.5. The molecule has 0 aliphatic rings. The molecule has 0 spiro atoms. The third-order valence-corrected chi connectivity index (χ3v) is 0.646. The van der Waals surface area contributed by atoms with Crippen molar-refractivity contribution < 1.29 is 15.0 Å². The molecule has 0 radical (unpaired) electrons. The third-order valence-electron chi connectivity index (χ3n) is 0.646. The van der Waals surface area contributed by atoms with Crippen molar-refractivity contribution in [3.05, 3.63) is 24.5 Å². The first-order chi connectivity index (χ1) is 4.81. The smallest absolute Gasteiger partial charge is 0.290 e. The number of pyridine rings is 1. The Hall–Kier alpha value is -1.58. The van der Waals surface area contributed by atoms with Crippen LogP contribution < -0.4 is 0 Å². The molecule has 4 nitrogen and oxygen atoms in total. The molecule has 54 valence electrons. The van der Waals surface area contributed by atoms with Gasteiger partial charge in [0.1, 0.15) is 5.75 Å². The molecule has 10 heavy (non-hydrogen) atoms. The van der Waals surface area contributed by atoms with E-state index in [9.17, 15) is 0 Å². The summed E-state index contributed by atoms with van der Waals surface area (Å²) < 4.78 is 0. The zero-order chi connectivity index (χ0) is 7.82. The van der Waals surface area contributed by atoms with Gasteiger partial charge in [-0.1, -0.05) is 0 Å². The fourth-order valence-corrected chi connectivity index (χ4v) is 0.354. The predicted octanol–water partition coefficient (Wildman–Crippen LogP) is 0.488. The van der Waals surface area contributed by atoms with E-state index in [2.05, 4.69) is 4.98 Å². The number of rotatable bonds is 0. The summed E-state index contributed by atoms with van der Waals surface area (Å²) in [5.41, 5.74) is 0. The van der Waals surface area contributed by atoms with Crippen LogP contribution in [0.2, 0.25) is 0 Å². The van der Waals surface area contributed by atoms with Crippen LogP contribution in [0.5, 0.6) is 5.75 Å². The van der Waals surface area contributed by atoms with Crippen LogP contribution in [-0.4, -0.2) is 21.7 Å². The molecular formula is C6H7NO3. The van der Waals surface area contributed by atoms with Crippen molar-refractivity contribution in [3.63, 3.8) is 0 Å². The molecule has 2 N–H and O–H groups in total. The quantitative estimate of drug-likeness (QED) is 0.516. The summed E-state index contributed by atoms with van der Waals surface area (Å²) in [6.45, 7) is -0.250. The van der Waals surface area contributed by atoms with E-state index >= 15 is 0 Å². The fraction of sp³-hybridized carbons (Fsp3) is 0. The summed E-state index contributed by atoms with van der Waals surface area (Å²) in [5.74, 6) is 0.211. The van der Waals surface area contributed by atoms with Gasteiger partial charge in [-0.15, -0.1) is 0 Å². The standard InChI is InChI=1S/C5H5NO.CH2O2/c7-5-2-1-3-6-4-5;2-1-3/h1-4,7H;1H,(H,2,3). The zero-order valence-electron chi connectivity index (χ0n) is 5.14. The van der Waals surface area contributed by atoms with Gasteiger partial charge in [0.05, 0.1) is 6.20 Å². The van der Waals surface area contributed by atoms with Gasteiger partial charge in [0.2, 0.25) is 0 Å². The van der Waals surface area contributed by atoms with Crippen LogP contribution in [0.25, 0.3) is 0 Å². The second kappa shape index (κ2) is 5.55. The van der Waals surface area contributed by atoms with Crippen LogP contribution in [0.15, 0.2) is 24.5 Å². The Morgan fingerprint density at radius 1 is 1.60 bits per heavy atom. The average Bonchev–Trinajstić information content (AvgIpc) is 1.91. The summed E-state index contributed by atoms with van der Waals surface area (Å²) in [6, 6.07) is 3.25. The van der Waals surface area contributed by atoms with Gasteiger partial charge in [-0.2, -0.15) is 0 Å². The second-order valence-electron chi connectivity index (χ2n) is 1.32. The zero-order valence-corrected chi connectivity index (χ0v) is 5.14. The molecule has 0 bridgehead atoms. The van der Waals surface area contributed by atoms with Gasteiger partial charge in [0.15, 0.2) is 0 Å². The lowest BCUT2D eigenvalue weighted by Crippen LogP contribution is -1.64. The van der Waals surface area contributed by atoms with E-state index in [1.165, 1.54) is 6.20 Å². The maximum Gasteiger partial charge on any atom is 0.290 e. The number of carboxylic acid groups (broad SMARTS) is 1. The second-order valence-corrected chi connectivity index (χ2v) is 1.32. The molecule has 0 fully saturated rings. The first-order valence-electron chi connectivity index (χ1n) is 2.48. The van der Waals surface area contributed by atoms with E-state index in [1.807, 2.05) is 0 Å². The molecule has 0 aliphatic carbocycles. The monoisotopic (exact) mass is 141 g/mol. The summed E-state index contributed by atoms with van der Waals surface area (Å²) >= 11 is 0. The van der Waals surface area contributed by atoms with Gasteiger partial charge in [0.25, 0.3) is 6.47 Å². The number of aromatic hydroxyl groups is 1. The number of carbonyl (C=O) groups is 1. The number of aromatic nitrogens is 1. The van der Waals surface area contributed by atoms with E-state index in [4.69, 9.17) is 15.0 Å². The van der Waals surface area contributed by atoms with Crippen LogP contribution in [0.4, 0.5) is 0 Å². The van der Waals surface area contributed by atoms with Gasteiger partial charge >= 0.3 is 0 Å². The van der Waals surface area contributed by atoms with Crippen molar-refractivity contribution in [1.82, 2.24) is 4.98 Å². The highest BCUT2D eigenvalue weighted by Crippen LogP contribution is 1.99. The highest BCUT2D eigenvalue weighted by atomic mass is 16.3. The lowest BCUT2D eigenvalue weighted by molar-refractivity contribution is -0.122. The Balaban J connectivity index is 0.000000236. The Kier molecular flexibility index (Phi) is 4.68. The first-order valence-corrected chi connectivity index (χ1v) is 2.48. The molecule has 1 heterocycles. The van der Waals surface area contributed by atoms with Crippen LogP contribution in [-0.2, 0) is 4.79 Å². The van der Waals surface area contributed by atoms with Gasteiger partial charge in [-0.05, 0) is 12.1 Å². The lowest BCUT2D eigenvalue weighted by Gasteiger charge is -1.81. The van der Waals surface area contributed by atoms with Crippen molar-refractivity contribution in [2.45, 2.75) is 0 Å². The molecule has 0 unspecified atom stereocenters. The van der Waals surface area contributed by atoms with Gasteiger partial charge in [0, 0.05) is 6.20 Å². The van der Waals surface area contributed by atoms with Crippen LogP contribution >= 0.6 is 0 Å². The molecular weight excluding hydrogens is 134 g/mol. The minimum Gasteiger partial charge on any atom is -0.506 e. The summed E-state index contributed by atoms with van der Waals surface area (Å²) in [7, 11) is 0. The fourth-order valence-electron chi connectivity index (χ4n) is 0.354. The van der Waals surface area contributed by atoms with Gasteiger partial charge < -0.3 is 10.2 Å². The normalized spacial score (nSPS) is 7.20. The molecule has 4 heteroatoms. The molecule has 1 aromatic rings. The maximum atomic E-state index is 8.57. The molecule has 0 saturated carbocycles. The molecule has 1 rings (SSSR count). The molecule has 1 aromatic heterocycles. The summed E-state index contributed by atoms with van der Waals surface area (Å²) in [5, 5.41) is 15.5. The topological polar surface area (TPSA) is 70.4 Å². The van der Waals surface area contributed by atoms with Gasteiger partial charge in [-0.3, -0.25) is 9.78 Å². The van der Waals surface area contributed by atoms with E-state index in [1.54, 1.807) is 18.3 Å². The minimum atomic E-state index is -0.250. The highest BCUT2D eigenvalue weighted by molar-refractivity contribution is 5.32. The van der Waals surface area contributed by atoms with Crippen LogP contribution in [0.1, 0.15) is 0 Å². The van der Waals surface area contributed by atoms with E-state index < -0.39 is 0 Å². The van der Waals surface area contributed by atoms with Crippen LogP contribution in [0.3, 0.4) is 0 Å². The molecule has 0 atom stereocenters. The number of hydrogen-bond acceptors (Lipinski definition) is 3. The number of hydrogen-bond donors (Lipinski definition) is 2. The third kappa shape index (κ3) is 4.58. The molecule has 0 aromatic carbocycles. The van der Waals surface area contributed by atoms with Crippen molar-refractivity contribution in [2.24, 2.45) is 0 Å². The summed E-state index contributed by atoms with van der Waals surface area (Å²) in [6.07, 6.45) is 3.00. The number of nitrogens with zero attached hydrogens (tertiary/aromatic N) is 1. The predicted molar refractivity (Wildman–Crippen MR) is 34.6 cm³/mol. The SMILES string of the molecule is O=CO.Oc1cccnc1.